The number of likely N-dealkylation sites (tertiary alicyclic amines) is 1. The Morgan fingerprint density at radius 3 is 2.35 bits per heavy atom. The molecule has 1 saturated heterocycles. The molecule has 2 rings (SSSR count). The van der Waals surface area contributed by atoms with Crippen molar-refractivity contribution in [1.29, 1.82) is 0 Å². The largest absolute Gasteiger partial charge is 0.383 e. The Balaban J connectivity index is 1.97. The molecule has 3 unspecified atom stereocenters. The van der Waals surface area contributed by atoms with Gasteiger partial charge in [-0.1, -0.05) is 19.8 Å². The summed E-state index contributed by atoms with van der Waals surface area (Å²) in [6.07, 6.45) is 6.72. The van der Waals surface area contributed by atoms with Crippen molar-refractivity contribution in [2.75, 3.05) is 26.8 Å². The smallest absolute Gasteiger partial charge is 0.0615 e. The molecule has 0 spiro atoms. The molecule has 3 atom stereocenters. The predicted octanol–water partition coefficient (Wildman–Crippen LogP) is 2.90. The standard InChI is InChI=1S/C17H34N2O/c1-5-7-16(12-20-4)18-17-14-8-6-9-15(17)11-19(10-14)13(2)3/h13-18H,5-12H2,1-4H3. The van der Waals surface area contributed by atoms with Crippen LogP contribution in [0.5, 0.6) is 0 Å². The minimum Gasteiger partial charge on any atom is -0.383 e. The minimum atomic E-state index is 0.545. The molecular formula is C17H34N2O. The quantitative estimate of drug-likeness (QED) is 0.777. The molecule has 2 fully saturated rings. The first-order valence-electron chi connectivity index (χ1n) is 8.64. The van der Waals surface area contributed by atoms with Crippen molar-refractivity contribution in [3.63, 3.8) is 0 Å². The molecule has 1 N–H and O–H groups in total. The van der Waals surface area contributed by atoms with Crippen molar-refractivity contribution < 1.29 is 4.74 Å². The Hall–Kier alpha value is -0.120. The van der Waals surface area contributed by atoms with E-state index in [1.165, 1.54) is 45.2 Å². The fourth-order valence-electron chi connectivity index (χ4n) is 4.20. The van der Waals surface area contributed by atoms with Gasteiger partial charge < -0.3 is 15.0 Å². The molecule has 0 aromatic heterocycles. The van der Waals surface area contributed by atoms with Gasteiger partial charge in [0.2, 0.25) is 0 Å². The molecule has 0 aromatic rings. The van der Waals surface area contributed by atoms with Crippen LogP contribution in [0.3, 0.4) is 0 Å². The second-order valence-electron chi connectivity index (χ2n) is 7.13. The van der Waals surface area contributed by atoms with Gasteiger partial charge in [-0.15, -0.1) is 0 Å². The third kappa shape index (κ3) is 3.96. The normalized spacial score (nSPS) is 32.5. The maximum absolute atomic E-state index is 5.41. The molecular weight excluding hydrogens is 248 g/mol. The van der Waals surface area contributed by atoms with Crippen LogP contribution in [0, 0.1) is 11.8 Å². The summed E-state index contributed by atoms with van der Waals surface area (Å²) in [7, 11) is 1.83. The lowest BCUT2D eigenvalue weighted by Gasteiger charge is -2.50. The zero-order chi connectivity index (χ0) is 14.5. The molecule has 3 nitrogen and oxygen atoms in total. The molecule has 2 bridgehead atoms. The fourth-order valence-corrected chi connectivity index (χ4v) is 4.20. The van der Waals surface area contributed by atoms with Crippen LogP contribution < -0.4 is 5.32 Å². The Bertz CT molecular complexity index is 262. The zero-order valence-electron chi connectivity index (χ0n) is 13.9. The number of piperidine rings is 1. The van der Waals surface area contributed by atoms with Crippen LogP contribution in [0.4, 0.5) is 0 Å². The molecule has 1 saturated carbocycles. The van der Waals surface area contributed by atoms with E-state index in [4.69, 9.17) is 4.74 Å². The average molecular weight is 282 g/mol. The maximum Gasteiger partial charge on any atom is 0.0615 e. The second kappa shape index (κ2) is 7.77. The first-order valence-corrected chi connectivity index (χ1v) is 8.64. The second-order valence-corrected chi connectivity index (χ2v) is 7.13. The third-order valence-corrected chi connectivity index (χ3v) is 5.27. The topological polar surface area (TPSA) is 24.5 Å². The van der Waals surface area contributed by atoms with E-state index in [9.17, 15) is 0 Å². The number of ether oxygens (including phenoxy) is 1. The van der Waals surface area contributed by atoms with Gasteiger partial charge in [-0.2, -0.15) is 0 Å². The lowest BCUT2D eigenvalue weighted by molar-refractivity contribution is 0.0186. The number of hydrogen-bond acceptors (Lipinski definition) is 3. The van der Waals surface area contributed by atoms with Gasteiger partial charge in [-0.25, -0.2) is 0 Å². The summed E-state index contributed by atoms with van der Waals surface area (Å²) in [6.45, 7) is 10.4. The number of methoxy groups -OCH3 is 1. The van der Waals surface area contributed by atoms with Gasteiger partial charge in [-0.3, -0.25) is 0 Å². The number of hydrogen-bond donors (Lipinski definition) is 1. The summed E-state index contributed by atoms with van der Waals surface area (Å²) in [5.41, 5.74) is 0. The van der Waals surface area contributed by atoms with Gasteiger partial charge in [0.05, 0.1) is 6.61 Å². The minimum absolute atomic E-state index is 0.545. The van der Waals surface area contributed by atoms with Crippen LogP contribution in [-0.2, 0) is 4.74 Å². The van der Waals surface area contributed by atoms with Crippen molar-refractivity contribution in [2.45, 2.75) is 71.0 Å². The number of fused-ring (bicyclic) bond motifs is 2. The van der Waals surface area contributed by atoms with Crippen LogP contribution in [-0.4, -0.2) is 49.8 Å². The maximum atomic E-state index is 5.41. The lowest BCUT2D eigenvalue weighted by Crippen LogP contribution is -2.60. The zero-order valence-corrected chi connectivity index (χ0v) is 13.9. The highest BCUT2D eigenvalue weighted by Gasteiger charge is 2.40. The van der Waals surface area contributed by atoms with E-state index in [1.54, 1.807) is 0 Å². The van der Waals surface area contributed by atoms with E-state index in [-0.39, 0.29) is 0 Å². The number of nitrogens with one attached hydrogen (secondary N) is 1. The molecule has 0 aromatic carbocycles. The van der Waals surface area contributed by atoms with E-state index in [1.807, 2.05) is 7.11 Å². The SMILES string of the molecule is CCCC(COC)NC1C2CCCC1CN(C(C)C)C2. The molecule has 2 aliphatic rings. The summed E-state index contributed by atoms with van der Waals surface area (Å²) >= 11 is 0. The first-order chi connectivity index (χ1) is 9.65. The van der Waals surface area contributed by atoms with Crippen molar-refractivity contribution in [2.24, 2.45) is 11.8 Å². The number of nitrogens with zero attached hydrogens (tertiary/aromatic N) is 1. The first kappa shape index (κ1) is 16.3. The van der Waals surface area contributed by atoms with Crippen LogP contribution >= 0.6 is 0 Å². The Morgan fingerprint density at radius 2 is 1.85 bits per heavy atom. The summed E-state index contributed by atoms with van der Waals surface area (Å²) < 4.78 is 5.41. The van der Waals surface area contributed by atoms with Crippen LogP contribution in [0.2, 0.25) is 0 Å². The van der Waals surface area contributed by atoms with Crippen molar-refractivity contribution in [3.8, 4) is 0 Å². The van der Waals surface area contributed by atoms with Crippen LogP contribution in [0.1, 0.15) is 52.9 Å². The van der Waals surface area contributed by atoms with Gasteiger partial charge >= 0.3 is 0 Å². The average Bonchev–Trinajstić information content (AvgIpc) is 2.38. The van der Waals surface area contributed by atoms with Gasteiger partial charge in [0.25, 0.3) is 0 Å². The third-order valence-electron chi connectivity index (χ3n) is 5.27. The highest BCUT2D eigenvalue weighted by molar-refractivity contribution is 4.96. The fraction of sp³-hybridized carbons (Fsp3) is 1.00. The Kier molecular flexibility index (Phi) is 6.31. The van der Waals surface area contributed by atoms with Crippen molar-refractivity contribution in [1.82, 2.24) is 10.2 Å². The molecule has 118 valence electrons. The summed E-state index contributed by atoms with van der Waals surface area (Å²) in [4.78, 5) is 2.69. The van der Waals surface area contributed by atoms with Gasteiger partial charge in [0.1, 0.15) is 0 Å². The molecule has 20 heavy (non-hydrogen) atoms. The monoisotopic (exact) mass is 282 g/mol. The van der Waals surface area contributed by atoms with Crippen molar-refractivity contribution >= 4 is 0 Å². The molecule has 1 heterocycles. The summed E-state index contributed by atoms with van der Waals surface area (Å²) in [6, 6.07) is 1.97. The number of rotatable bonds is 7. The molecule has 1 aliphatic carbocycles. The van der Waals surface area contributed by atoms with Gasteiger partial charge in [-0.05, 0) is 44.9 Å². The van der Waals surface area contributed by atoms with E-state index >= 15 is 0 Å². The van der Waals surface area contributed by atoms with E-state index in [0.29, 0.717) is 12.1 Å². The summed E-state index contributed by atoms with van der Waals surface area (Å²) in [5, 5.41) is 3.97. The predicted molar refractivity (Wildman–Crippen MR) is 85.0 cm³/mol. The molecule has 1 aliphatic heterocycles. The van der Waals surface area contributed by atoms with Gasteiger partial charge in [0, 0.05) is 38.3 Å². The van der Waals surface area contributed by atoms with Crippen molar-refractivity contribution in [3.05, 3.63) is 0 Å². The molecule has 3 heteroatoms. The highest BCUT2D eigenvalue weighted by Crippen LogP contribution is 2.36. The molecule has 0 amide bonds. The summed E-state index contributed by atoms with van der Waals surface area (Å²) in [5.74, 6) is 1.70. The van der Waals surface area contributed by atoms with Crippen LogP contribution in [0.25, 0.3) is 0 Å². The lowest BCUT2D eigenvalue weighted by atomic mass is 9.73. The highest BCUT2D eigenvalue weighted by atomic mass is 16.5. The Labute approximate surface area is 125 Å². The Morgan fingerprint density at radius 1 is 1.20 bits per heavy atom. The van der Waals surface area contributed by atoms with E-state index < -0.39 is 0 Å². The van der Waals surface area contributed by atoms with E-state index in [2.05, 4.69) is 31.0 Å². The van der Waals surface area contributed by atoms with Gasteiger partial charge in [0.15, 0.2) is 0 Å². The molecule has 0 radical (unpaired) electrons. The van der Waals surface area contributed by atoms with E-state index in [0.717, 1.165) is 24.5 Å². The van der Waals surface area contributed by atoms with Crippen LogP contribution in [0.15, 0.2) is 0 Å².